The Kier molecular flexibility index (Phi) is 4.66. The highest BCUT2D eigenvalue weighted by Gasteiger charge is 2.20. The molecule has 4 N–H and O–H groups in total. The summed E-state index contributed by atoms with van der Waals surface area (Å²) in [5.41, 5.74) is 2.63. The van der Waals surface area contributed by atoms with Crippen LogP contribution < -0.4 is 20.7 Å². The summed E-state index contributed by atoms with van der Waals surface area (Å²) in [6, 6.07) is 7.98. The fraction of sp³-hybridized carbons (Fsp3) is 0.0833. The SMILES string of the molecule is COc1cccc(NS(=O)(=O)c2cc(Br)cnc2NN)c1. The molecule has 0 aliphatic rings. The molecular formula is C12H13BrN4O3S. The van der Waals surface area contributed by atoms with Crippen molar-refractivity contribution in [2.45, 2.75) is 4.90 Å². The first-order valence-electron chi connectivity index (χ1n) is 5.75. The van der Waals surface area contributed by atoms with Crippen molar-refractivity contribution in [3.05, 3.63) is 41.0 Å². The van der Waals surface area contributed by atoms with Crippen LogP contribution in [0.2, 0.25) is 0 Å². The summed E-state index contributed by atoms with van der Waals surface area (Å²) >= 11 is 3.18. The second kappa shape index (κ2) is 6.29. The molecule has 0 aliphatic carbocycles. The van der Waals surface area contributed by atoms with E-state index in [1.165, 1.54) is 19.4 Å². The van der Waals surface area contributed by atoms with Gasteiger partial charge in [0.2, 0.25) is 0 Å². The van der Waals surface area contributed by atoms with Crippen LogP contribution in [0, 0.1) is 0 Å². The fourth-order valence-corrected chi connectivity index (χ4v) is 3.31. The van der Waals surface area contributed by atoms with E-state index in [1.54, 1.807) is 24.3 Å². The van der Waals surface area contributed by atoms with Gasteiger partial charge in [0.25, 0.3) is 10.0 Å². The molecule has 0 radical (unpaired) electrons. The van der Waals surface area contributed by atoms with Gasteiger partial charge >= 0.3 is 0 Å². The zero-order valence-electron chi connectivity index (χ0n) is 11.0. The van der Waals surface area contributed by atoms with Crippen molar-refractivity contribution in [3.8, 4) is 5.75 Å². The van der Waals surface area contributed by atoms with Crippen LogP contribution in [0.5, 0.6) is 5.75 Å². The zero-order valence-corrected chi connectivity index (χ0v) is 13.4. The molecule has 0 saturated heterocycles. The van der Waals surface area contributed by atoms with E-state index in [4.69, 9.17) is 10.6 Å². The highest BCUT2D eigenvalue weighted by atomic mass is 79.9. The van der Waals surface area contributed by atoms with Crippen LogP contribution in [0.3, 0.4) is 0 Å². The van der Waals surface area contributed by atoms with Crippen molar-refractivity contribution in [1.82, 2.24) is 4.98 Å². The molecule has 0 bridgehead atoms. The molecule has 0 aliphatic heterocycles. The first-order chi connectivity index (χ1) is 9.96. The van der Waals surface area contributed by atoms with Crippen LogP contribution in [-0.4, -0.2) is 20.5 Å². The van der Waals surface area contributed by atoms with Crippen molar-refractivity contribution in [1.29, 1.82) is 0 Å². The van der Waals surface area contributed by atoms with Gasteiger partial charge in [0.15, 0.2) is 5.82 Å². The van der Waals surface area contributed by atoms with E-state index in [9.17, 15) is 8.42 Å². The van der Waals surface area contributed by atoms with Crippen LogP contribution in [-0.2, 0) is 10.0 Å². The number of rotatable bonds is 5. The summed E-state index contributed by atoms with van der Waals surface area (Å²) in [4.78, 5) is 3.84. The van der Waals surface area contributed by atoms with Crippen molar-refractivity contribution in [2.75, 3.05) is 17.3 Å². The largest absolute Gasteiger partial charge is 0.497 e. The number of nitrogens with two attached hydrogens (primary N) is 1. The molecule has 1 heterocycles. The number of nitrogens with one attached hydrogen (secondary N) is 2. The van der Waals surface area contributed by atoms with Crippen molar-refractivity contribution < 1.29 is 13.2 Å². The van der Waals surface area contributed by atoms with Gasteiger partial charge in [-0.2, -0.15) is 0 Å². The maximum Gasteiger partial charge on any atom is 0.265 e. The van der Waals surface area contributed by atoms with Gasteiger partial charge < -0.3 is 10.2 Å². The van der Waals surface area contributed by atoms with Gasteiger partial charge in [-0.1, -0.05) is 6.07 Å². The summed E-state index contributed by atoms with van der Waals surface area (Å²) in [5, 5.41) is 0. The summed E-state index contributed by atoms with van der Waals surface area (Å²) < 4.78 is 32.9. The third-order valence-corrected chi connectivity index (χ3v) is 4.40. The van der Waals surface area contributed by atoms with E-state index < -0.39 is 10.0 Å². The highest BCUT2D eigenvalue weighted by Crippen LogP contribution is 2.25. The molecule has 9 heteroatoms. The Morgan fingerprint density at radius 1 is 1.33 bits per heavy atom. The minimum atomic E-state index is -3.84. The Bertz CT molecular complexity index is 752. The van der Waals surface area contributed by atoms with Crippen molar-refractivity contribution in [3.63, 3.8) is 0 Å². The smallest absolute Gasteiger partial charge is 0.265 e. The molecule has 1 aromatic carbocycles. The predicted octanol–water partition coefficient (Wildman–Crippen LogP) is 1.94. The Labute approximate surface area is 130 Å². The van der Waals surface area contributed by atoms with E-state index in [-0.39, 0.29) is 10.7 Å². The normalized spacial score (nSPS) is 11.0. The lowest BCUT2D eigenvalue weighted by atomic mass is 10.3. The molecule has 0 spiro atoms. The number of hydrogen-bond donors (Lipinski definition) is 3. The third-order valence-electron chi connectivity index (χ3n) is 2.57. The first kappa shape index (κ1) is 15.5. The van der Waals surface area contributed by atoms with E-state index in [2.05, 4.69) is 31.1 Å². The number of anilines is 2. The van der Waals surface area contributed by atoms with Gasteiger partial charge in [-0.15, -0.1) is 0 Å². The van der Waals surface area contributed by atoms with E-state index in [1.807, 2.05) is 0 Å². The number of aromatic nitrogens is 1. The van der Waals surface area contributed by atoms with Crippen LogP contribution in [0.25, 0.3) is 0 Å². The standard InChI is InChI=1S/C12H13BrN4O3S/c1-20-10-4-2-3-9(6-10)17-21(18,19)11-5-8(13)7-15-12(11)16-14/h2-7,17H,14H2,1H3,(H,15,16). The number of hydrazine groups is 1. The number of hydrogen-bond acceptors (Lipinski definition) is 6. The van der Waals surface area contributed by atoms with Crippen LogP contribution in [0.1, 0.15) is 0 Å². The Balaban J connectivity index is 2.40. The number of nitrogen functional groups attached to an aromatic ring is 1. The van der Waals surface area contributed by atoms with Crippen LogP contribution >= 0.6 is 15.9 Å². The summed E-state index contributed by atoms with van der Waals surface area (Å²) in [6.07, 6.45) is 1.44. The third kappa shape index (κ3) is 3.63. The number of benzene rings is 1. The van der Waals surface area contributed by atoms with Crippen molar-refractivity contribution >= 4 is 37.5 Å². The Morgan fingerprint density at radius 2 is 2.10 bits per heavy atom. The monoisotopic (exact) mass is 372 g/mol. The number of nitrogens with zero attached hydrogens (tertiary/aromatic N) is 1. The molecule has 0 unspecified atom stereocenters. The van der Waals surface area contributed by atoms with E-state index >= 15 is 0 Å². The van der Waals surface area contributed by atoms with Gasteiger partial charge in [-0.05, 0) is 34.1 Å². The molecule has 1 aromatic heterocycles. The second-order valence-corrected chi connectivity index (χ2v) is 6.55. The van der Waals surface area contributed by atoms with Crippen LogP contribution in [0.15, 0.2) is 45.9 Å². The average molecular weight is 373 g/mol. The summed E-state index contributed by atoms with van der Waals surface area (Å²) in [7, 11) is -2.34. The number of methoxy groups -OCH3 is 1. The van der Waals surface area contributed by atoms with Gasteiger partial charge in [-0.3, -0.25) is 4.72 Å². The molecule has 0 saturated carbocycles. The number of ether oxygens (including phenoxy) is 1. The molecule has 0 atom stereocenters. The zero-order chi connectivity index (χ0) is 15.5. The van der Waals surface area contributed by atoms with Crippen LogP contribution in [0.4, 0.5) is 11.5 Å². The molecule has 2 aromatic rings. The number of pyridine rings is 1. The maximum atomic E-state index is 12.4. The minimum Gasteiger partial charge on any atom is -0.497 e. The Hall–Kier alpha value is -1.84. The lowest BCUT2D eigenvalue weighted by Gasteiger charge is -2.12. The number of halogens is 1. The first-order valence-corrected chi connectivity index (χ1v) is 8.03. The summed E-state index contributed by atoms with van der Waals surface area (Å²) in [5.74, 6) is 5.89. The quantitative estimate of drug-likeness (QED) is 0.546. The molecule has 7 nitrogen and oxygen atoms in total. The topological polar surface area (TPSA) is 106 Å². The van der Waals surface area contributed by atoms with E-state index in [0.29, 0.717) is 15.9 Å². The lowest BCUT2D eigenvalue weighted by molar-refractivity contribution is 0.415. The maximum absolute atomic E-state index is 12.4. The lowest BCUT2D eigenvalue weighted by Crippen LogP contribution is -2.18. The molecule has 0 amide bonds. The molecule has 21 heavy (non-hydrogen) atoms. The second-order valence-electron chi connectivity index (χ2n) is 3.98. The van der Waals surface area contributed by atoms with Crippen molar-refractivity contribution in [2.24, 2.45) is 5.84 Å². The predicted molar refractivity (Wildman–Crippen MR) is 83.5 cm³/mol. The Morgan fingerprint density at radius 3 is 2.76 bits per heavy atom. The minimum absolute atomic E-state index is 0.0496. The summed E-state index contributed by atoms with van der Waals surface area (Å²) in [6.45, 7) is 0. The molecule has 2 rings (SSSR count). The fourth-order valence-electron chi connectivity index (χ4n) is 1.63. The van der Waals surface area contributed by atoms with E-state index in [0.717, 1.165) is 0 Å². The van der Waals surface area contributed by atoms with Gasteiger partial charge in [-0.25, -0.2) is 19.2 Å². The van der Waals surface area contributed by atoms with Gasteiger partial charge in [0, 0.05) is 16.7 Å². The molecule has 112 valence electrons. The average Bonchev–Trinajstić information content (AvgIpc) is 2.47. The number of sulfonamides is 1. The highest BCUT2D eigenvalue weighted by molar-refractivity contribution is 9.10. The van der Waals surface area contributed by atoms with Gasteiger partial charge in [0.05, 0.1) is 12.8 Å². The molecule has 0 fully saturated rings. The molecular weight excluding hydrogens is 360 g/mol. The van der Waals surface area contributed by atoms with Gasteiger partial charge in [0.1, 0.15) is 10.6 Å².